The van der Waals surface area contributed by atoms with Crippen molar-refractivity contribution in [3.05, 3.63) is 65.7 Å². The Hall–Kier alpha value is -2.25. The van der Waals surface area contributed by atoms with Crippen LogP contribution in [-0.2, 0) is 6.42 Å². The predicted molar refractivity (Wildman–Crippen MR) is 94.5 cm³/mol. The summed E-state index contributed by atoms with van der Waals surface area (Å²) in [6.07, 6.45) is 1.83. The summed E-state index contributed by atoms with van der Waals surface area (Å²) >= 11 is 1.39. The van der Waals surface area contributed by atoms with E-state index in [0.717, 1.165) is 17.7 Å². The molecule has 0 radical (unpaired) electrons. The normalized spacial score (nSPS) is 11.5. The molecule has 0 aliphatic rings. The number of nitriles is 1. The number of nitrogens with one attached hydrogen (secondary N) is 1. The zero-order valence-corrected chi connectivity index (χ0v) is 14.0. The molecule has 118 valence electrons. The molecule has 4 heteroatoms. The molecule has 3 nitrogen and oxygen atoms in total. The molecule has 1 amide bonds. The number of rotatable bonds is 7. The van der Waals surface area contributed by atoms with E-state index in [0.29, 0.717) is 11.3 Å². The van der Waals surface area contributed by atoms with Gasteiger partial charge in [-0.25, -0.2) is 0 Å². The Morgan fingerprint density at radius 3 is 2.61 bits per heavy atom. The third-order valence-corrected chi connectivity index (χ3v) is 4.45. The second-order valence-corrected chi connectivity index (χ2v) is 6.36. The SMILES string of the molecule is CC(CCc1ccccc1)NC(=O)c1ccccc1SCC#N. The van der Waals surface area contributed by atoms with E-state index in [-0.39, 0.29) is 11.9 Å². The number of carbonyl (C=O) groups excluding carboxylic acids is 1. The summed E-state index contributed by atoms with van der Waals surface area (Å²) < 4.78 is 0. The molecule has 1 unspecified atom stereocenters. The van der Waals surface area contributed by atoms with Crippen molar-refractivity contribution in [2.75, 3.05) is 5.75 Å². The van der Waals surface area contributed by atoms with Gasteiger partial charge in [0.25, 0.3) is 5.91 Å². The molecule has 1 N–H and O–H groups in total. The molecule has 0 spiro atoms. The fourth-order valence-electron chi connectivity index (χ4n) is 2.29. The van der Waals surface area contributed by atoms with E-state index in [9.17, 15) is 4.79 Å². The molecular weight excluding hydrogens is 304 g/mol. The fraction of sp³-hybridized carbons (Fsp3) is 0.263. The predicted octanol–water partition coefficient (Wildman–Crippen LogP) is 4.05. The highest BCUT2D eigenvalue weighted by atomic mass is 32.2. The number of benzene rings is 2. The lowest BCUT2D eigenvalue weighted by molar-refractivity contribution is 0.0935. The van der Waals surface area contributed by atoms with Crippen LogP contribution >= 0.6 is 11.8 Å². The third-order valence-electron chi connectivity index (χ3n) is 3.51. The molecule has 2 rings (SSSR count). The van der Waals surface area contributed by atoms with Gasteiger partial charge < -0.3 is 5.32 Å². The van der Waals surface area contributed by atoms with Crippen LogP contribution in [0.2, 0.25) is 0 Å². The van der Waals surface area contributed by atoms with Gasteiger partial charge >= 0.3 is 0 Å². The lowest BCUT2D eigenvalue weighted by Crippen LogP contribution is -2.33. The monoisotopic (exact) mass is 324 g/mol. The van der Waals surface area contributed by atoms with Crippen molar-refractivity contribution < 1.29 is 4.79 Å². The van der Waals surface area contributed by atoms with Crippen LogP contribution < -0.4 is 5.32 Å². The van der Waals surface area contributed by atoms with Crippen molar-refractivity contribution >= 4 is 17.7 Å². The maximum atomic E-state index is 12.4. The molecule has 0 fully saturated rings. The number of amides is 1. The van der Waals surface area contributed by atoms with Gasteiger partial charge in [-0.15, -0.1) is 11.8 Å². The van der Waals surface area contributed by atoms with Crippen LogP contribution in [0.4, 0.5) is 0 Å². The lowest BCUT2D eigenvalue weighted by atomic mass is 10.1. The number of hydrogen-bond donors (Lipinski definition) is 1. The molecule has 1 atom stereocenters. The van der Waals surface area contributed by atoms with E-state index in [1.807, 2.05) is 43.3 Å². The Bertz CT molecular complexity index is 679. The minimum Gasteiger partial charge on any atom is -0.350 e. The Morgan fingerprint density at radius 1 is 1.17 bits per heavy atom. The van der Waals surface area contributed by atoms with Crippen molar-refractivity contribution in [3.63, 3.8) is 0 Å². The van der Waals surface area contributed by atoms with E-state index in [1.165, 1.54) is 17.3 Å². The van der Waals surface area contributed by atoms with E-state index in [1.54, 1.807) is 6.07 Å². The molecule has 0 saturated carbocycles. The Labute approximate surface area is 141 Å². The topological polar surface area (TPSA) is 52.9 Å². The summed E-state index contributed by atoms with van der Waals surface area (Å²) in [4.78, 5) is 13.3. The Kier molecular flexibility index (Phi) is 6.71. The standard InChI is InChI=1S/C19H20N2OS/c1-15(11-12-16-7-3-2-4-8-16)21-19(22)17-9-5-6-10-18(17)23-14-13-20/h2-10,15H,11-12,14H2,1H3,(H,21,22). The minimum atomic E-state index is -0.0772. The molecular formula is C19H20N2OS. The van der Waals surface area contributed by atoms with Gasteiger partial charge in [0, 0.05) is 10.9 Å². The van der Waals surface area contributed by atoms with Crippen LogP contribution in [0.1, 0.15) is 29.3 Å². The van der Waals surface area contributed by atoms with Crippen LogP contribution in [0.5, 0.6) is 0 Å². The van der Waals surface area contributed by atoms with Crippen molar-refractivity contribution in [1.29, 1.82) is 5.26 Å². The molecule has 0 bridgehead atoms. The first-order valence-electron chi connectivity index (χ1n) is 7.64. The quantitative estimate of drug-likeness (QED) is 0.782. The van der Waals surface area contributed by atoms with Crippen molar-refractivity contribution in [2.45, 2.75) is 30.7 Å². The van der Waals surface area contributed by atoms with E-state index in [2.05, 4.69) is 23.5 Å². The summed E-state index contributed by atoms with van der Waals surface area (Å²) in [5.74, 6) is 0.264. The second-order valence-electron chi connectivity index (χ2n) is 5.34. The van der Waals surface area contributed by atoms with Gasteiger partial charge in [-0.3, -0.25) is 4.79 Å². The highest BCUT2D eigenvalue weighted by Crippen LogP contribution is 2.22. The van der Waals surface area contributed by atoms with E-state index < -0.39 is 0 Å². The molecule has 0 heterocycles. The maximum Gasteiger partial charge on any atom is 0.252 e. The van der Waals surface area contributed by atoms with Gasteiger partial charge in [0.2, 0.25) is 0 Å². The fourth-order valence-corrected chi connectivity index (χ4v) is 3.00. The Balaban J connectivity index is 1.92. The number of hydrogen-bond acceptors (Lipinski definition) is 3. The van der Waals surface area contributed by atoms with Gasteiger partial charge in [-0.2, -0.15) is 5.26 Å². The van der Waals surface area contributed by atoms with Crippen molar-refractivity contribution in [3.8, 4) is 6.07 Å². The minimum absolute atomic E-state index is 0.0772. The van der Waals surface area contributed by atoms with Crippen LogP contribution in [-0.4, -0.2) is 17.7 Å². The third kappa shape index (κ3) is 5.46. The number of carbonyl (C=O) groups is 1. The van der Waals surface area contributed by atoms with Gasteiger partial charge in [-0.1, -0.05) is 42.5 Å². The first-order chi connectivity index (χ1) is 11.2. The number of aryl methyl sites for hydroxylation is 1. The van der Waals surface area contributed by atoms with Crippen LogP contribution in [0.25, 0.3) is 0 Å². The van der Waals surface area contributed by atoms with Crippen LogP contribution in [0, 0.1) is 11.3 Å². The summed E-state index contributed by atoms with van der Waals surface area (Å²) in [5, 5.41) is 11.8. The van der Waals surface area contributed by atoms with Gasteiger partial charge in [0.1, 0.15) is 0 Å². The smallest absolute Gasteiger partial charge is 0.252 e. The van der Waals surface area contributed by atoms with E-state index >= 15 is 0 Å². The molecule has 0 aliphatic heterocycles. The highest BCUT2D eigenvalue weighted by molar-refractivity contribution is 7.99. The van der Waals surface area contributed by atoms with Gasteiger partial charge in [0.05, 0.1) is 17.4 Å². The summed E-state index contributed by atoms with van der Waals surface area (Å²) in [7, 11) is 0. The molecule has 0 aliphatic carbocycles. The summed E-state index contributed by atoms with van der Waals surface area (Å²) in [6.45, 7) is 2.02. The molecule has 2 aromatic carbocycles. The second kappa shape index (κ2) is 9.02. The lowest BCUT2D eigenvalue weighted by Gasteiger charge is -2.15. The largest absolute Gasteiger partial charge is 0.350 e. The number of thioether (sulfide) groups is 1. The van der Waals surface area contributed by atoms with Gasteiger partial charge in [0.15, 0.2) is 0 Å². The average molecular weight is 324 g/mol. The molecule has 23 heavy (non-hydrogen) atoms. The average Bonchev–Trinajstić information content (AvgIpc) is 2.59. The molecule has 0 saturated heterocycles. The first-order valence-corrected chi connectivity index (χ1v) is 8.63. The molecule has 2 aromatic rings. The highest BCUT2D eigenvalue weighted by Gasteiger charge is 2.13. The zero-order chi connectivity index (χ0) is 16.5. The van der Waals surface area contributed by atoms with Crippen LogP contribution in [0.3, 0.4) is 0 Å². The van der Waals surface area contributed by atoms with Crippen LogP contribution in [0.15, 0.2) is 59.5 Å². The van der Waals surface area contributed by atoms with Crippen molar-refractivity contribution in [1.82, 2.24) is 5.32 Å². The molecule has 0 aromatic heterocycles. The Morgan fingerprint density at radius 2 is 1.87 bits per heavy atom. The zero-order valence-electron chi connectivity index (χ0n) is 13.2. The maximum absolute atomic E-state index is 12.4. The van der Waals surface area contributed by atoms with Gasteiger partial charge in [-0.05, 0) is 37.5 Å². The number of nitrogens with zero attached hydrogens (tertiary/aromatic N) is 1. The van der Waals surface area contributed by atoms with Crippen molar-refractivity contribution in [2.24, 2.45) is 0 Å². The summed E-state index contributed by atoms with van der Waals surface area (Å²) in [6, 6.07) is 19.9. The first kappa shape index (κ1) is 17.1. The summed E-state index contributed by atoms with van der Waals surface area (Å²) in [5.41, 5.74) is 1.91. The van der Waals surface area contributed by atoms with E-state index in [4.69, 9.17) is 5.26 Å².